The summed E-state index contributed by atoms with van der Waals surface area (Å²) < 4.78 is 11.6. The molecule has 8 nitrogen and oxygen atoms in total. The van der Waals surface area contributed by atoms with E-state index >= 15 is 0 Å². The minimum Gasteiger partial charge on any atom is -0.440 e. The largest absolute Gasteiger partial charge is 0.583 e. The van der Waals surface area contributed by atoms with Gasteiger partial charge in [0.05, 0.1) is 34.6 Å². The molecule has 2 aromatic carbocycles. The van der Waals surface area contributed by atoms with Crippen molar-refractivity contribution in [3.8, 4) is 11.3 Å². The molecule has 2 aromatic heterocycles. The molecule has 1 unspecified atom stereocenters. The van der Waals surface area contributed by atoms with Gasteiger partial charge in [-0.2, -0.15) is 0 Å². The highest BCUT2D eigenvalue weighted by Crippen LogP contribution is 2.54. The van der Waals surface area contributed by atoms with Crippen molar-refractivity contribution in [3.63, 3.8) is 0 Å². The standard InChI is InChI=1S/C32H32BClN4O4/c1-18-14-23(30-24(15-18)29(39)19(2)31(41-30)38-12-10-32(8-9-32)11-13-38)20(3)36-26-6-7-27(34)37-28(26)21-4-5-25-22(16-21)17-35-42-33(25)40/h4-7,14-17,20,36,40H,8-13H2,1-3H3. The Morgan fingerprint density at radius 1 is 1.10 bits per heavy atom. The summed E-state index contributed by atoms with van der Waals surface area (Å²) in [6.07, 6.45) is 6.52. The Kier molecular flexibility index (Phi) is 6.55. The van der Waals surface area contributed by atoms with Gasteiger partial charge in [-0.25, -0.2) is 4.98 Å². The molecule has 2 aliphatic heterocycles. The molecule has 1 aliphatic carbocycles. The second-order valence-corrected chi connectivity index (χ2v) is 12.4. The normalized spacial score (nSPS) is 17.7. The molecule has 1 spiro atoms. The third-order valence-corrected chi connectivity index (χ3v) is 9.32. The van der Waals surface area contributed by atoms with E-state index in [9.17, 15) is 9.82 Å². The third-order valence-electron chi connectivity index (χ3n) is 9.11. The second-order valence-electron chi connectivity index (χ2n) is 12.0. The highest BCUT2D eigenvalue weighted by atomic mass is 35.5. The number of benzene rings is 2. The van der Waals surface area contributed by atoms with Crippen LogP contribution in [0.2, 0.25) is 5.15 Å². The SMILES string of the molecule is Cc1cc(C(C)Nc2ccc(Cl)nc2-c2ccc3c(c2)C=NOB3O)c2oc(N3CCC4(CC3)CC4)c(C)c(=O)c2c1. The van der Waals surface area contributed by atoms with E-state index in [-0.39, 0.29) is 11.5 Å². The number of nitrogens with one attached hydrogen (secondary N) is 1. The lowest BCUT2D eigenvalue weighted by atomic mass is 9.75. The van der Waals surface area contributed by atoms with E-state index in [4.69, 9.17) is 20.8 Å². The number of hydrogen-bond donors (Lipinski definition) is 2. The minimum atomic E-state index is -1.11. The average Bonchev–Trinajstić information content (AvgIpc) is 3.74. The minimum absolute atomic E-state index is 0.0193. The van der Waals surface area contributed by atoms with Gasteiger partial charge in [0, 0.05) is 29.7 Å². The number of rotatable bonds is 5. The molecule has 1 saturated carbocycles. The zero-order chi connectivity index (χ0) is 29.2. The van der Waals surface area contributed by atoms with Gasteiger partial charge in [0.15, 0.2) is 5.43 Å². The Bertz CT molecular complexity index is 1810. The highest BCUT2D eigenvalue weighted by molar-refractivity contribution is 6.62. The zero-order valence-electron chi connectivity index (χ0n) is 23.9. The summed E-state index contributed by atoms with van der Waals surface area (Å²) in [4.78, 5) is 20.6. The van der Waals surface area contributed by atoms with Gasteiger partial charge in [0.1, 0.15) is 10.7 Å². The van der Waals surface area contributed by atoms with E-state index < -0.39 is 7.12 Å². The van der Waals surface area contributed by atoms with Crippen molar-refractivity contribution in [1.82, 2.24) is 4.98 Å². The lowest BCUT2D eigenvalue weighted by molar-refractivity contribution is 0.286. The fourth-order valence-electron chi connectivity index (χ4n) is 6.38. The molecule has 1 atom stereocenters. The molecular formula is C32H32BClN4O4. The topological polar surface area (TPSA) is 100 Å². The Labute approximate surface area is 249 Å². The van der Waals surface area contributed by atoms with E-state index in [1.165, 1.54) is 12.8 Å². The second kappa shape index (κ2) is 10.2. The number of piperidine rings is 1. The van der Waals surface area contributed by atoms with Crippen LogP contribution in [0, 0.1) is 19.3 Å². The van der Waals surface area contributed by atoms with Gasteiger partial charge in [0.2, 0.25) is 5.88 Å². The Morgan fingerprint density at radius 3 is 2.64 bits per heavy atom. The van der Waals surface area contributed by atoms with Crippen LogP contribution in [0.1, 0.15) is 60.9 Å². The molecule has 0 radical (unpaired) electrons. The number of aromatic nitrogens is 1. The summed E-state index contributed by atoms with van der Waals surface area (Å²) in [6, 6.07) is 13.0. The maximum Gasteiger partial charge on any atom is 0.583 e. The Hall–Kier alpha value is -3.82. The van der Waals surface area contributed by atoms with E-state index in [2.05, 4.69) is 33.3 Å². The fraction of sp³-hybridized carbons (Fsp3) is 0.344. The number of pyridine rings is 1. The molecule has 1 saturated heterocycles. The molecule has 10 heteroatoms. The number of aryl methyl sites for hydroxylation is 1. The maximum atomic E-state index is 13.7. The quantitative estimate of drug-likeness (QED) is 0.229. The first-order valence-corrected chi connectivity index (χ1v) is 14.9. The highest BCUT2D eigenvalue weighted by Gasteiger charge is 2.45. The van der Waals surface area contributed by atoms with Crippen LogP contribution in [0.4, 0.5) is 11.6 Å². The van der Waals surface area contributed by atoms with Crippen LogP contribution in [-0.4, -0.2) is 36.4 Å². The summed E-state index contributed by atoms with van der Waals surface area (Å²) in [5.74, 6) is 0.691. The van der Waals surface area contributed by atoms with Crippen LogP contribution in [0.25, 0.3) is 22.2 Å². The smallest absolute Gasteiger partial charge is 0.440 e. The molecule has 7 rings (SSSR count). The predicted octanol–water partition coefficient (Wildman–Crippen LogP) is 5.73. The third kappa shape index (κ3) is 4.74. The van der Waals surface area contributed by atoms with Crippen LogP contribution in [-0.2, 0) is 4.76 Å². The molecule has 4 aromatic rings. The van der Waals surface area contributed by atoms with E-state index in [1.54, 1.807) is 18.3 Å². The first-order chi connectivity index (χ1) is 20.2. The van der Waals surface area contributed by atoms with Gasteiger partial charge in [0.25, 0.3) is 0 Å². The van der Waals surface area contributed by atoms with Crippen molar-refractivity contribution in [2.24, 2.45) is 10.6 Å². The van der Waals surface area contributed by atoms with Crippen molar-refractivity contribution in [2.75, 3.05) is 23.3 Å². The van der Waals surface area contributed by atoms with Crippen molar-refractivity contribution in [2.45, 2.75) is 52.5 Å². The Balaban J connectivity index is 1.27. The maximum absolute atomic E-state index is 13.7. The summed E-state index contributed by atoms with van der Waals surface area (Å²) in [6.45, 7) is 7.76. The van der Waals surface area contributed by atoms with Gasteiger partial charge in [-0.15, -0.1) is 5.16 Å². The number of halogens is 1. The van der Waals surface area contributed by atoms with Crippen LogP contribution in [0.5, 0.6) is 0 Å². The predicted molar refractivity (Wildman–Crippen MR) is 168 cm³/mol. The molecule has 0 bridgehead atoms. The van der Waals surface area contributed by atoms with Gasteiger partial charge >= 0.3 is 7.12 Å². The van der Waals surface area contributed by atoms with Crippen LogP contribution in [0.15, 0.2) is 56.8 Å². The Morgan fingerprint density at radius 2 is 1.88 bits per heavy atom. The molecular weight excluding hydrogens is 551 g/mol. The van der Waals surface area contributed by atoms with E-state index in [0.717, 1.165) is 53.9 Å². The first-order valence-electron chi connectivity index (χ1n) is 14.5. The monoisotopic (exact) mass is 582 g/mol. The van der Waals surface area contributed by atoms with Crippen molar-refractivity contribution >= 4 is 52.9 Å². The zero-order valence-corrected chi connectivity index (χ0v) is 24.7. The van der Waals surface area contributed by atoms with Crippen LogP contribution in [0.3, 0.4) is 0 Å². The summed E-state index contributed by atoms with van der Waals surface area (Å²) >= 11 is 6.35. The van der Waals surface area contributed by atoms with Crippen molar-refractivity contribution in [3.05, 3.63) is 80.1 Å². The van der Waals surface area contributed by atoms with Gasteiger partial charge in [-0.1, -0.05) is 29.8 Å². The number of anilines is 2. The number of oxime groups is 1. The fourth-order valence-corrected chi connectivity index (χ4v) is 6.53. The lowest BCUT2D eigenvalue weighted by Crippen LogP contribution is -2.37. The molecule has 42 heavy (non-hydrogen) atoms. The number of nitrogens with zero attached hydrogens (tertiary/aromatic N) is 3. The van der Waals surface area contributed by atoms with Gasteiger partial charge in [-0.3, -0.25) is 4.79 Å². The molecule has 2 fully saturated rings. The summed E-state index contributed by atoms with van der Waals surface area (Å²) in [5.41, 5.74) is 7.33. The number of fused-ring (bicyclic) bond motifs is 2. The lowest BCUT2D eigenvalue weighted by Gasteiger charge is -2.33. The molecule has 4 heterocycles. The average molecular weight is 583 g/mol. The van der Waals surface area contributed by atoms with Crippen LogP contribution >= 0.6 is 11.6 Å². The van der Waals surface area contributed by atoms with Crippen molar-refractivity contribution < 1.29 is 14.2 Å². The molecule has 0 amide bonds. The van der Waals surface area contributed by atoms with Crippen molar-refractivity contribution in [1.29, 1.82) is 0 Å². The number of hydrogen-bond acceptors (Lipinski definition) is 8. The van der Waals surface area contributed by atoms with E-state index in [0.29, 0.717) is 44.1 Å². The van der Waals surface area contributed by atoms with Gasteiger partial charge < -0.3 is 24.4 Å². The molecule has 3 aliphatic rings. The van der Waals surface area contributed by atoms with Gasteiger partial charge in [-0.05, 0) is 87.3 Å². The molecule has 214 valence electrons. The summed E-state index contributed by atoms with van der Waals surface area (Å²) in [7, 11) is -1.11. The first kappa shape index (κ1) is 27.0. The van der Waals surface area contributed by atoms with Crippen LogP contribution < -0.4 is 21.1 Å². The summed E-state index contributed by atoms with van der Waals surface area (Å²) in [5, 5.41) is 18.5. The molecule has 2 N–H and O–H groups in total. The van der Waals surface area contributed by atoms with E-state index in [1.807, 2.05) is 38.1 Å².